The Balaban J connectivity index is 0.000000354. The zero-order valence-electron chi connectivity index (χ0n) is 6.32. The van der Waals surface area contributed by atoms with Crippen molar-refractivity contribution < 1.29 is 16.5 Å². The summed E-state index contributed by atoms with van der Waals surface area (Å²) in [4.78, 5) is 0. The molecule has 0 amide bonds. The fourth-order valence-electron chi connectivity index (χ4n) is 0.700. The Morgan fingerprint density at radius 2 is 1.67 bits per heavy atom. The van der Waals surface area contributed by atoms with Gasteiger partial charge in [-0.1, -0.05) is 30.3 Å². The normalized spacial score (nSPS) is 9.50. The maximum atomic E-state index is 4.88. The second-order valence-electron chi connectivity index (χ2n) is 1.86. The molecule has 1 aromatic carbocycles. The molecule has 1 aromatic rings. The van der Waals surface area contributed by atoms with Crippen LogP contribution < -0.4 is 0 Å². The summed E-state index contributed by atoms with van der Waals surface area (Å²) in [7, 11) is 9.75. The van der Waals surface area contributed by atoms with Crippen LogP contribution in [0.4, 0.5) is 0 Å². The first-order valence-electron chi connectivity index (χ1n) is 3.18. The molecule has 0 aliphatic carbocycles. The molecule has 0 unspecified atom stereocenters. The van der Waals surface area contributed by atoms with Gasteiger partial charge in [0.1, 0.15) is 0 Å². The van der Waals surface area contributed by atoms with Crippen molar-refractivity contribution in [3.8, 4) is 0 Å². The van der Waals surface area contributed by atoms with E-state index in [9.17, 15) is 0 Å². The predicted octanol–water partition coefficient (Wildman–Crippen LogP) is 3.91. The molecular formula is C9H9Cl2Pt-. The molecule has 0 radical (unpaired) electrons. The quantitative estimate of drug-likeness (QED) is 0.646. The van der Waals surface area contributed by atoms with E-state index in [1.807, 2.05) is 36.4 Å². The second kappa shape index (κ2) is 9.19. The third kappa shape index (κ3) is 6.79. The van der Waals surface area contributed by atoms with Gasteiger partial charge in [-0.3, -0.25) is 0 Å². The van der Waals surface area contributed by atoms with Gasteiger partial charge in [0.15, 0.2) is 0 Å². The molecule has 0 aromatic heterocycles. The van der Waals surface area contributed by atoms with Crippen molar-refractivity contribution in [3.05, 3.63) is 48.9 Å². The summed E-state index contributed by atoms with van der Waals surface area (Å²) in [6, 6.07) is 10.1. The molecule has 0 bridgehead atoms. The van der Waals surface area contributed by atoms with Crippen LogP contribution in [0.15, 0.2) is 36.4 Å². The molecule has 12 heavy (non-hydrogen) atoms. The van der Waals surface area contributed by atoms with Gasteiger partial charge in [-0.15, -0.1) is 5.56 Å². The summed E-state index contributed by atoms with van der Waals surface area (Å²) >= 11 is -0.472. The third-order valence-electron chi connectivity index (χ3n) is 1.11. The third-order valence-corrected chi connectivity index (χ3v) is 1.11. The zero-order chi connectivity index (χ0) is 9.23. The number of hydrogen-bond acceptors (Lipinski definition) is 0. The van der Waals surface area contributed by atoms with Crippen molar-refractivity contribution in [2.75, 3.05) is 0 Å². The number of rotatable bonds is 1. The monoisotopic (exact) mass is 382 g/mol. The van der Waals surface area contributed by atoms with Gasteiger partial charge in [0, 0.05) is 0 Å². The van der Waals surface area contributed by atoms with Crippen molar-refractivity contribution in [2.45, 2.75) is 0 Å². The van der Waals surface area contributed by atoms with Crippen LogP contribution in [0, 0.1) is 6.92 Å². The summed E-state index contributed by atoms with van der Waals surface area (Å²) in [5, 5.41) is 0. The molecule has 0 saturated heterocycles. The Bertz CT molecular complexity index is 209. The van der Waals surface area contributed by atoms with Crippen LogP contribution in [0.2, 0.25) is 0 Å². The molecule has 0 nitrogen and oxygen atoms in total. The summed E-state index contributed by atoms with van der Waals surface area (Å²) in [6.07, 6.45) is 3.76. The first kappa shape index (κ1) is 12.1. The number of hydrogen-bond donors (Lipinski definition) is 0. The fourth-order valence-corrected chi connectivity index (χ4v) is 0.700. The van der Waals surface area contributed by atoms with E-state index in [4.69, 9.17) is 18.8 Å². The summed E-state index contributed by atoms with van der Waals surface area (Å²) in [5.74, 6) is 0. The number of allylic oxidation sites excluding steroid dienone is 1. The Labute approximate surface area is 90.0 Å². The van der Waals surface area contributed by atoms with E-state index >= 15 is 0 Å². The van der Waals surface area contributed by atoms with Crippen LogP contribution >= 0.6 is 18.8 Å². The van der Waals surface area contributed by atoms with Gasteiger partial charge < -0.3 is 0 Å². The van der Waals surface area contributed by atoms with Gasteiger partial charge in [-0.05, 0) is 0 Å². The molecular weight excluding hydrogens is 374 g/mol. The molecule has 0 aliphatic heterocycles. The van der Waals surface area contributed by atoms with Crippen LogP contribution in [-0.2, 0) is 16.5 Å². The average molecular weight is 383 g/mol. The second-order valence-corrected chi connectivity index (χ2v) is 5.14. The molecule has 0 aliphatic rings. The standard InChI is InChI=1S/C9H9.2ClH.Pt/c1-2-6-9-7-4-3-5-8-9;;;/h2-8H,1H2;2*1H;/q-1;;;+2/p-2. The SMILES string of the molecule is [CH2-]C=Cc1ccccc1.[Cl][Pt][Cl]. The maximum absolute atomic E-state index is 4.88. The molecule has 0 heterocycles. The van der Waals surface area contributed by atoms with Gasteiger partial charge in [0.2, 0.25) is 0 Å². The molecule has 3 heteroatoms. The van der Waals surface area contributed by atoms with Crippen LogP contribution in [0.1, 0.15) is 5.56 Å². The van der Waals surface area contributed by atoms with Crippen LogP contribution in [0.25, 0.3) is 6.08 Å². The number of halogens is 2. The first-order valence-corrected chi connectivity index (χ1v) is 8.81. The van der Waals surface area contributed by atoms with E-state index in [1.54, 1.807) is 6.08 Å². The van der Waals surface area contributed by atoms with E-state index in [2.05, 4.69) is 6.92 Å². The van der Waals surface area contributed by atoms with Crippen molar-refractivity contribution in [2.24, 2.45) is 0 Å². The molecule has 0 atom stereocenters. The Hall–Kier alpha value is 0.0983. The molecule has 0 saturated carbocycles. The van der Waals surface area contributed by atoms with Gasteiger partial charge in [0.05, 0.1) is 0 Å². The van der Waals surface area contributed by atoms with Crippen molar-refractivity contribution in [1.29, 1.82) is 0 Å². The number of benzene rings is 1. The summed E-state index contributed by atoms with van der Waals surface area (Å²) in [5.41, 5.74) is 1.20. The first-order chi connectivity index (χ1) is 5.85. The van der Waals surface area contributed by atoms with Gasteiger partial charge in [0.25, 0.3) is 0 Å². The van der Waals surface area contributed by atoms with Crippen molar-refractivity contribution in [1.82, 2.24) is 0 Å². The van der Waals surface area contributed by atoms with Crippen LogP contribution in [0.3, 0.4) is 0 Å². The van der Waals surface area contributed by atoms with Gasteiger partial charge in [-0.25, -0.2) is 19.1 Å². The van der Waals surface area contributed by atoms with E-state index in [1.165, 1.54) is 5.56 Å². The van der Waals surface area contributed by atoms with E-state index in [0.29, 0.717) is 0 Å². The zero-order valence-corrected chi connectivity index (χ0v) is 10.1. The Morgan fingerprint density at radius 1 is 1.17 bits per heavy atom. The topological polar surface area (TPSA) is 0 Å². The van der Waals surface area contributed by atoms with E-state index in [0.717, 1.165) is 0 Å². The molecule has 70 valence electrons. The van der Waals surface area contributed by atoms with Gasteiger partial charge in [-0.2, -0.15) is 0 Å². The summed E-state index contributed by atoms with van der Waals surface area (Å²) < 4.78 is 0. The molecule has 0 N–H and O–H groups in total. The Kier molecular flexibility index (Phi) is 9.26. The van der Waals surface area contributed by atoms with Crippen molar-refractivity contribution >= 4 is 24.9 Å². The molecule has 0 fully saturated rings. The van der Waals surface area contributed by atoms with Gasteiger partial charge >= 0.3 is 35.3 Å². The van der Waals surface area contributed by atoms with E-state index in [-0.39, 0.29) is 0 Å². The van der Waals surface area contributed by atoms with E-state index < -0.39 is 16.5 Å². The fraction of sp³-hybridized carbons (Fsp3) is 0. The van der Waals surface area contributed by atoms with Crippen molar-refractivity contribution in [3.63, 3.8) is 0 Å². The predicted molar refractivity (Wildman–Crippen MR) is 52.5 cm³/mol. The van der Waals surface area contributed by atoms with Crippen LogP contribution in [0.5, 0.6) is 0 Å². The summed E-state index contributed by atoms with van der Waals surface area (Å²) in [6.45, 7) is 3.60. The minimum atomic E-state index is -0.472. The minimum absolute atomic E-state index is 0.472. The molecule has 1 rings (SSSR count). The van der Waals surface area contributed by atoms with Crippen LogP contribution in [-0.4, -0.2) is 0 Å². The molecule has 0 spiro atoms. The Morgan fingerprint density at radius 3 is 2.08 bits per heavy atom. The average Bonchev–Trinajstić information content (AvgIpc) is 2.08.